The zero-order valence-electron chi connectivity index (χ0n) is 12.1. The molecule has 1 nitrogen and oxygen atoms in total. The van der Waals surface area contributed by atoms with Crippen molar-refractivity contribution < 1.29 is 5.11 Å². The van der Waals surface area contributed by atoms with Gasteiger partial charge in [-0.25, -0.2) is 0 Å². The highest BCUT2D eigenvalue weighted by Crippen LogP contribution is 2.43. The van der Waals surface area contributed by atoms with Crippen LogP contribution in [0.4, 0.5) is 0 Å². The van der Waals surface area contributed by atoms with E-state index in [0.717, 1.165) is 25.2 Å². The molecule has 0 amide bonds. The molecule has 104 valence electrons. The van der Waals surface area contributed by atoms with Crippen LogP contribution >= 0.6 is 0 Å². The van der Waals surface area contributed by atoms with Gasteiger partial charge in [0.15, 0.2) is 0 Å². The average Bonchev–Trinajstić information content (AvgIpc) is 2.47. The third-order valence-electron chi connectivity index (χ3n) is 5.56. The van der Waals surface area contributed by atoms with Crippen LogP contribution < -0.4 is 0 Å². The molecule has 1 aromatic carbocycles. The third-order valence-corrected chi connectivity index (χ3v) is 5.56. The fourth-order valence-electron chi connectivity index (χ4n) is 4.24. The summed E-state index contributed by atoms with van der Waals surface area (Å²) in [7, 11) is 0. The quantitative estimate of drug-likeness (QED) is 0.846. The number of benzene rings is 1. The first-order chi connectivity index (χ1) is 9.21. The van der Waals surface area contributed by atoms with Crippen LogP contribution in [0.2, 0.25) is 0 Å². The Hall–Kier alpha value is -0.820. The highest BCUT2D eigenvalue weighted by Gasteiger charge is 2.41. The molecule has 1 saturated carbocycles. The Bertz CT molecular complexity index is 439. The molecule has 0 bridgehead atoms. The minimum atomic E-state index is -0.428. The van der Waals surface area contributed by atoms with Crippen molar-refractivity contribution in [3.05, 3.63) is 35.4 Å². The molecule has 3 atom stereocenters. The lowest BCUT2D eigenvalue weighted by Gasteiger charge is -2.43. The Labute approximate surface area is 117 Å². The van der Waals surface area contributed by atoms with Gasteiger partial charge in [-0.1, -0.05) is 50.5 Å². The maximum Gasteiger partial charge on any atom is 0.0719 e. The minimum absolute atomic E-state index is 0.428. The average molecular weight is 258 g/mol. The van der Waals surface area contributed by atoms with Crippen LogP contribution in [0.5, 0.6) is 0 Å². The van der Waals surface area contributed by atoms with E-state index in [0.29, 0.717) is 5.92 Å². The monoisotopic (exact) mass is 258 g/mol. The number of fused-ring (bicyclic) bond motifs is 1. The first kappa shape index (κ1) is 13.2. The number of rotatable bonds is 2. The van der Waals surface area contributed by atoms with E-state index in [1.807, 2.05) is 0 Å². The van der Waals surface area contributed by atoms with Gasteiger partial charge in [-0.2, -0.15) is 0 Å². The van der Waals surface area contributed by atoms with Crippen LogP contribution in [-0.2, 0) is 12.8 Å². The van der Waals surface area contributed by atoms with Crippen molar-refractivity contribution in [3.63, 3.8) is 0 Å². The summed E-state index contributed by atoms with van der Waals surface area (Å²) in [5, 5.41) is 11.2. The van der Waals surface area contributed by atoms with Crippen LogP contribution in [0.15, 0.2) is 24.3 Å². The maximum absolute atomic E-state index is 11.2. The molecule has 2 aliphatic carbocycles. The summed E-state index contributed by atoms with van der Waals surface area (Å²) < 4.78 is 0. The van der Waals surface area contributed by atoms with E-state index >= 15 is 0 Å². The van der Waals surface area contributed by atoms with Gasteiger partial charge in [-0.05, 0) is 48.6 Å². The molecular formula is C18H26O. The highest BCUT2D eigenvalue weighted by atomic mass is 16.3. The first-order valence-corrected chi connectivity index (χ1v) is 8.00. The summed E-state index contributed by atoms with van der Waals surface area (Å²) in [5.74, 6) is 1.37. The molecule has 0 saturated heterocycles. The van der Waals surface area contributed by atoms with E-state index < -0.39 is 5.60 Å². The third kappa shape index (κ3) is 2.58. The SMILES string of the molecule is CCC1CCCC(C2(O)CCc3ccccc3C2)C1. The first-order valence-electron chi connectivity index (χ1n) is 8.00. The maximum atomic E-state index is 11.2. The summed E-state index contributed by atoms with van der Waals surface area (Å²) in [6.07, 6.45) is 9.34. The van der Waals surface area contributed by atoms with Crippen LogP contribution in [0.1, 0.15) is 56.6 Å². The summed E-state index contributed by atoms with van der Waals surface area (Å²) in [5.41, 5.74) is 2.41. The van der Waals surface area contributed by atoms with Crippen molar-refractivity contribution in [2.24, 2.45) is 11.8 Å². The Kier molecular flexibility index (Phi) is 3.66. The van der Waals surface area contributed by atoms with Crippen molar-refractivity contribution in [2.45, 2.75) is 63.9 Å². The smallest absolute Gasteiger partial charge is 0.0719 e. The van der Waals surface area contributed by atoms with Crippen molar-refractivity contribution in [1.82, 2.24) is 0 Å². The van der Waals surface area contributed by atoms with Crippen LogP contribution in [0.25, 0.3) is 0 Å². The summed E-state index contributed by atoms with van der Waals surface area (Å²) >= 11 is 0. The van der Waals surface area contributed by atoms with Gasteiger partial charge in [0, 0.05) is 6.42 Å². The molecule has 1 aromatic rings. The van der Waals surface area contributed by atoms with Crippen LogP contribution in [0.3, 0.4) is 0 Å². The number of aliphatic hydroxyl groups is 1. The Morgan fingerprint density at radius 1 is 1.21 bits per heavy atom. The molecule has 0 spiro atoms. The van der Waals surface area contributed by atoms with Gasteiger partial charge in [-0.15, -0.1) is 0 Å². The Morgan fingerprint density at radius 3 is 2.79 bits per heavy atom. The van der Waals surface area contributed by atoms with Gasteiger partial charge >= 0.3 is 0 Å². The molecule has 2 aliphatic rings. The predicted molar refractivity (Wildman–Crippen MR) is 79.2 cm³/mol. The second-order valence-corrected chi connectivity index (χ2v) is 6.69. The molecule has 0 radical (unpaired) electrons. The molecule has 3 rings (SSSR count). The second-order valence-electron chi connectivity index (χ2n) is 6.69. The molecule has 1 fully saturated rings. The topological polar surface area (TPSA) is 20.2 Å². The van der Waals surface area contributed by atoms with Gasteiger partial charge < -0.3 is 5.11 Å². The second kappa shape index (κ2) is 5.28. The zero-order valence-corrected chi connectivity index (χ0v) is 12.1. The van der Waals surface area contributed by atoms with Gasteiger partial charge in [-0.3, -0.25) is 0 Å². The van der Waals surface area contributed by atoms with Gasteiger partial charge in [0.25, 0.3) is 0 Å². The van der Waals surface area contributed by atoms with E-state index in [2.05, 4.69) is 31.2 Å². The summed E-state index contributed by atoms with van der Waals surface area (Å²) in [6, 6.07) is 8.67. The molecule has 0 aliphatic heterocycles. The van der Waals surface area contributed by atoms with Gasteiger partial charge in [0.2, 0.25) is 0 Å². The molecule has 0 heterocycles. The largest absolute Gasteiger partial charge is 0.389 e. The highest BCUT2D eigenvalue weighted by molar-refractivity contribution is 5.31. The number of aryl methyl sites for hydroxylation is 1. The van der Waals surface area contributed by atoms with Crippen molar-refractivity contribution >= 4 is 0 Å². The lowest BCUT2D eigenvalue weighted by Crippen LogP contribution is -2.45. The van der Waals surface area contributed by atoms with Gasteiger partial charge in [0.1, 0.15) is 0 Å². The molecular weight excluding hydrogens is 232 g/mol. The molecule has 0 aromatic heterocycles. The van der Waals surface area contributed by atoms with E-state index in [9.17, 15) is 5.11 Å². The van der Waals surface area contributed by atoms with Crippen molar-refractivity contribution in [1.29, 1.82) is 0 Å². The van der Waals surface area contributed by atoms with Crippen molar-refractivity contribution in [3.8, 4) is 0 Å². The fraction of sp³-hybridized carbons (Fsp3) is 0.667. The fourth-order valence-corrected chi connectivity index (χ4v) is 4.24. The molecule has 3 unspecified atom stereocenters. The van der Waals surface area contributed by atoms with E-state index in [-0.39, 0.29) is 0 Å². The van der Waals surface area contributed by atoms with Crippen LogP contribution in [-0.4, -0.2) is 10.7 Å². The van der Waals surface area contributed by atoms with Gasteiger partial charge in [0.05, 0.1) is 5.60 Å². The number of hydrogen-bond donors (Lipinski definition) is 1. The molecule has 1 N–H and O–H groups in total. The molecule has 19 heavy (non-hydrogen) atoms. The Morgan fingerprint density at radius 2 is 2.00 bits per heavy atom. The molecule has 1 heteroatoms. The van der Waals surface area contributed by atoms with Crippen LogP contribution in [0, 0.1) is 11.8 Å². The van der Waals surface area contributed by atoms with E-state index in [4.69, 9.17) is 0 Å². The summed E-state index contributed by atoms with van der Waals surface area (Å²) in [6.45, 7) is 2.30. The zero-order chi connectivity index (χ0) is 13.3. The predicted octanol–water partition coefficient (Wildman–Crippen LogP) is 4.12. The van der Waals surface area contributed by atoms with E-state index in [1.165, 1.54) is 43.2 Å². The standard InChI is InChI=1S/C18H26O/c1-2-14-6-5-9-17(12-14)18(19)11-10-15-7-3-4-8-16(15)13-18/h3-4,7-8,14,17,19H,2,5-6,9-13H2,1H3. The number of hydrogen-bond acceptors (Lipinski definition) is 1. The van der Waals surface area contributed by atoms with E-state index in [1.54, 1.807) is 0 Å². The lowest BCUT2D eigenvalue weighted by atomic mass is 9.66. The van der Waals surface area contributed by atoms with Crippen molar-refractivity contribution in [2.75, 3.05) is 0 Å². The minimum Gasteiger partial charge on any atom is -0.389 e. The lowest BCUT2D eigenvalue weighted by molar-refractivity contribution is -0.0520. The normalized spacial score (nSPS) is 34.8. The Balaban J connectivity index is 1.77. The summed E-state index contributed by atoms with van der Waals surface area (Å²) in [4.78, 5) is 0.